The van der Waals surface area contributed by atoms with Crippen LogP contribution in [0.15, 0.2) is 0 Å². The molecular formula is C9H20N2O. The van der Waals surface area contributed by atoms with Gasteiger partial charge >= 0.3 is 0 Å². The first-order valence-corrected chi connectivity index (χ1v) is 4.47. The van der Waals surface area contributed by atoms with Crippen LogP contribution in [0.4, 0.5) is 0 Å². The highest BCUT2D eigenvalue weighted by Gasteiger charge is 2.06. The van der Waals surface area contributed by atoms with Crippen LogP contribution in [0.3, 0.4) is 0 Å². The fourth-order valence-electron chi connectivity index (χ4n) is 0.873. The normalized spacial score (nSPS) is 13.1. The lowest BCUT2D eigenvalue weighted by Crippen LogP contribution is -2.31. The van der Waals surface area contributed by atoms with Crippen LogP contribution >= 0.6 is 0 Å². The molecule has 0 aromatic carbocycles. The van der Waals surface area contributed by atoms with Crippen LogP contribution in [0.25, 0.3) is 0 Å². The van der Waals surface area contributed by atoms with Crippen molar-refractivity contribution in [2.45, 2.75) is 26.3 Å². The third-order valence-electron chi connectivity index (χ3n) is 2.33. The number of carbonyl (C=O) groups is 1. The Hall–Kier alpha value is -0.570. The van der Waals surface area contributed by atoms with E-state index in [-0.39, 0.29) is 0 Å². The van der Waals surface area contributed by atoms with E-state index in [0.29, 0.717) is 6.04 Å². The summed E-state index contributed by atoms with van der Waals surface area (Å²) in [5, 5.41) is 0. The molecule has 1 amide bonds. The molecule has 1 unspecified atom stereocenters. The molecule has 0 N–H and O–H groups in total. The largest absolute Gasteiger partial charge is 0.346 e. The molecule has 0 saturated carbocycles. The van der Waals surface area contributed by atoms with Gasteiger partial charge in [0.25, 0.3) is 0 Å². The van der Waals surface area contributed by atoms with E-state index in [4.69, 9.17) is 0 Å². The Balaban J connectivity index is 3.55. The van der Waals surface area contributed by atoms with Gasteiger partial charge in [-0.3, -0.25) is 4.79 Å². The number of carbonyl (C=O) groups excluding carboxylic acids is 1. The van der Waals surface area contributed by atoms with Crippen LogP contribution in [0.1, 0.15) is 20.3 Å². The summed E-state index contributed by atoms with van der Waals surface area (Å²) in [4.78, 5) is 14.3. The highest BCUT2D eigenvalue weighted by atomic mass is 16.1. The Morgan fingerprint density at radius 2 is 2.00 bits per heavy atom. The molecule has 0 aromatic rings. The number of hydrogen-bond acceptors (Lipinski definition) is 2. The molecule has 0 spiro atoms. The van der Waals surface area contributed by atoms with E-state index < -0.39 is 0 Å². The van der Waals surface area contributed by atoms with E-state index in [1.54, 1.807) is 4.90 Å². The van der Waals surface area contributed by atoms with Crippen molar-refractivity contribution >= 4 is 6.41 Å². The van der Waals surface area contributed by atoms with E-state index in [1.165, 1.54) is 0 Å². The van der Waals surface area contributed by atoms with Crippen LogP contribution in [-0.2, 0) is 4.79 Å². The second-order valence-corrected chi connectivity index (χ2v) is 3.30. The summed E-state index contributed by atoms with van der Waals surface area (Å²) >= 11 is 0. The number of hydrogen-bond donors (Lipinski definition) is 0. The van der Waals surface area contributed by atoms with Gasteiger partial charge in [0.2, 0.25) is 6.41 Å². The van der Waals surface area contributed by atoms with Crippen molar-refractivity contribution in [1.29, 1.82) is 0 Å². The maximum atomic E-state index is 10.4. The quantitative estimate of drug-likeness (QED) is 0.553. The summed E-state index contributed by atoms with van der Waals surface area (Å²) in [5.74, 6) is 0. The van der Waals surface area contributed by atoms with E-state index >= 15 is 0 Å². The fourth-order valence-corrected chi connectivity index (χ4v) is 0.873. The predicted octanol–water partition coefficient (Wildman–Crippen LogP) is 0.805. The van der Waals surface area contributed by atoms with Gasteiger partial charge in [0.1, 0.15) is 0 Å². The minimum atomic E-state index is 0.344. The van der Waals surface area contributed by atoms with Crippen molar-refractivity contribution in [3.63, 3.8) is 0 Å². The molecule has 1 atom stereocenters. The first-order chi connectivity index (χ1) is 5.61. The Morgan fingerprint density at radius 1 is 1.42 bits per heavy atom. The van der Waals surface area contributed by atoms with Crippen LogP contribution in [-0.4, -0.2) is 49.4 Å². The molecule has 0 aliphatic rings. The number of rotatable bonds is 6. The Labute approximate surface area is 75.3 Å². The van der Waals surface area contributed by atoms with E-state index in [0.717, 1.165) is 25.9 Å². The molecule has 3 nitrogen and oxygen atoms in total. The minimum Gasteiger partial charge on any atom is -0.346 e. The third kappa shape index (κ3) is 4.34. The van der Waals surface area contributed by atoms with Gasteiger partial charge in [0.05, 0.1) is 0 Å². The van der Waals surface area contributed by atoms with Gasteiger partial charge in [-0.25, -0.2) is 0 Å². The highest BCUT2D eigenvalue weighted by molar-refractivity contribution is 5.46. The number of amides is 1. The average molecular weight is 172 g/mol. The molecule has 0 heterocycles. The molecule has 0 saturated heterocycles. The maximum Gasteiger partial charge on any atom is 0.209 e. The Kier molecular flexibility index (Phi) is 5.72. The van der Waals surface area contributed by atoms with Gasteiger partial charge in [-0.2, -0.15) is 0 Å². The summed E-state index contributed by atoms with van der Waals surface area (Å²) in [7, 11) is 3.91. The molecule has 0 fully saturated rings. The van der Waals surface area contributed by atoms with E-state index in [9.17, 15) is 4.79 Å². The van der Waals surface area contributed by atoms with E-state index in [1.807, 2.05) is 7.05 Å². The fraction of sp³-hybridized carbons (Fsp3) is 0.889. The lowest BCUT2D eigenvalue weighted by atomic mass is 10.2. The zero-order valence-electron chi connectivity index (χ0n) is 8.58. The van der Waals surface area contributed by atoms with Crippen LogP contribution in [0.2, 0.25) is 0 Å². The second-order valence-electron chi connectivity index (χ2n) is 3.30. The molecule has 0 aliphatic heterocycles. The second kappa shape index (κ2) is 6.00. The van der Waals surface area contributed by atoms with Crippen molar-refractivity contribution in [3.8, 4) is 0 Å². The molecule has 72 valence electrons. The first-order valence-electron chi connectivity index (χ1n) is 4.47. The topological polar surface area (TPSA) is 23.6 Å². The number of nitrogens with zero attached hydrogens (tertiary/aromatic N) is 2. The van der Waals surface area contributed by atoms with Crippen LogP contribution < -0.4 is 0 Å². The average Bonchev–Trinajstić information content (AvgIpc) is 2.11. The summed E-state index contributed by atoms with van der Waals surface area (Å²) < 4.78 is 0. The van der Waals surface area contributed by atoms with Gasteiger partial charge in [-0.05, 0) is 33.5 Å². The Bertz CT molecular complexity index is 128. The zero-order chi connectivity index (χ0) is 9.56. The summed E-state index contributed by atoms with van der Waals surface area (Å²) in [5.41, 5.74) is 0. The van der Waals surface area contributed by atoms with Crippen molar-refractivity contribution in [1.82, 2.24) is 9.80 Å². The lowest BCUT2D eigenvalue weighted by Gasteiger charge is -2.22. The predicted molar refractivity (Wildman–Crippen MR) is 51.1 cm³/mol. The van der Waals surface area contributed by atoms with E-state index in [2.05, 4.69) is 25.8 Å². The SMILES string of the molecule is CCN(C)CCC(C)N(C)C=O. The zero-order valence-corrected chi connectivity index (χ0v) is 8.58. The van der Waals surface area contributed by atoms with Crippen molar-refractivity contribution in [3.05, 3.63) is 0 Å². The van der Waals surface area contributed by atoms with Crippen molar-refractivity contribution < 1.29 is 4.79 Å². The third-order valence-corrected chi connectivity index (χ3v) is 2.33. The van der Waals surface area contributed by atoms with Gasteiger partial charge in [-0.15, -0.1) is 0 Å². The molecule has 12 heavy (non-hydrogen) atoms. The molecule has 0 aromatic heterocycles. The van der Waals surface area contributed by atoms with Crippen molar-refractivity contribution in [2.75, 3.05) is 27.2 Å². The van der Waals surface area contributed by atoms with Gasteiger partial charge in [0, 0.05) is 13.1 Å². The summed E-state index contributed by atoms with van der Waals surface area (Å²) in [6.45, 7) is 6.32. The lowest BCUT2D eigenvalue weighted by molar-refractivity contribution is -0.118. The van der Waals surface area contributed by atoms with Gasteiger partial charge in [-0.1, -0.05) is 6.92 Å². The monoisotopic (exact) mass is 172 g/mol. The van der Waals surface area contributed by atoms with Crippen LogP contribution in [0.5, 0.6) is 0 Å². The maximum absolute atomic E-state index is 10.4. The first kappa shape index (κ1) is 11.4. The van der Waals surface area contributed by atoms with Gasteiger partial charge in [0.15, 0.2) is 0 Å². The molecule has 0 rings (SSSR count). The molecule has 0 aliphatic carbocycles. The highest BCUT2D eigenvalue weighted by Crippen LogP contribution is 1.99. The Morgan fingerprint density at radius 3 is 2.42 bits per heavy atom. The molecule has 0 bridgehead atoms. The molecular weight excluding hydrogens is 152 g/mol. The molecule has 3 heteroatoms. The standard InChI is InChI=1S/C9H20N2O/c1-5-10(3)7-6-9(2)11(4)8-12/h8-9H,5-7H2,1-4H3. The minimum absolute atomic E-state index is 0.344. The van der Waals surface area contributed by atoms with Gasteiger partial charge < -0.3 is 9.80 Å². The smallest absolute Gasteiger partial charge is 0.209 e. The van der Waals surface area contributed by atoms with Crippen molar-refractivity contribution in [2.24, 2.45) is 0 Å². The molecule has 0 radical (unpaired) electrons. The summed E-state index contributed by atoms with van der Waals surface area (Å²) in [6, 6.07) is 0.344. The van der Waals surface area contributed by atoms with Crippen LogP contribution in [0, 0.1) is 0 Å². The summed E-state index contributed by atoms with van der Waals surface area (Å²) in [6.07, 6.45) is 1.93.